The van der Waals surface area contributed by atoms with Gasteiger partial charge in [0.1, 0.15) is 0 Å². The van der Waals surface area contributed by atoms with Gasteiger partial charge in [-0.2, -0.15) is 5.26 Å². The van der Waals surface area contributed by atoms with E-state index in [0.29, 0.717) is 5.56 Å². The molecular weight excluding hydrogens is 184 g/mol. The molecule has 0 N–H and O–H groups in total. The normalized spacial score (nSPS) is 9.33. The van der Waals surface area contributed by atoms with Gasteiger partial charge >= 0.3 is 0 Å². The molecule has 0 amide bonds. The average Bonchev–Trinajstić information content (AvgIpc) is 2.29. The first-order valence-electron chi connectivity index (χ1n) is 5.10. The van der Waals surface area contributed by atoms with E-state index in [4.69, 9.17) is 5.26 Å². The van der Waals surface area contributed by atoms with Crippen molar-refractivity contribution >= 4 is 5.69 Å². The zero-order chi connectivity index (χ0) is 11.1. The molecule has 15 heavy (non-hydrogen) atoms. The van der Waals surface area contributed by atoms with Gasteiger partial charge in [0.05, 0.1) is 11.6 Å². The molecule has 0 bridgehead atoms. The number of hydrogen-bond donors (Lipinski definition) is 0. The van der Waals surface area contributed by atoms with Gasteiger partial charge in [0.25, 0.3) is 0 Å². The molecule has 0 aliphatic carbocycles. The Morgan fingerprint density at radius 3 is 2.60 bits per heavy atom. The Hall–Kier alpha value is -1.75. The lowest BCUT2D eigenvalue weighted by Crippen LogP contribution is -2.18. The molecule has 0 radical (unpaired) electrons. The third kappa shape index (κ3) is 3.47. The number of allylic oxidation sites excluding steroid dienone is 1. The zero-order valence-electron chi connectivity index (χ0n) is 9.11. The fraction of sp³-hybridized carbons (Fsp3) is 0.308. The Morgan fingerprint density at radius 2 is 2.07 bits per heavy atom. The van der Waals surface area contributed by atoms with Gasteiger partial charge < -0.3 is 4.90 Å². The van der Waals surface area contributed by atoms with Crippen LogP contribution in [-0.4, -0.2) is 13.6 Å². The first kappa shape index (κ1) is 11.3. The smallest absolute Gasteiger partial charge is 0.0991 e. The molecule has 1 rings (SSSR count). The van der Waals surface area contributed by atoms with Crippen molar-refractivity contribution in [3.05, 3.63) is 42.5 Å². The quantitative estimate of drug-likeness (QED) is 0.539. The molecule has 0 spiro atoms. The summed E-state index contributed by atoms with van der Waals surface area (Å²) in [7, 11) is 2.06. The molecule has 0 heterocycles. The minimum Gasteiger partial charge on any atom is -0.375 e. The summed E-state index contributed by atoms with van der Waals surface area (Å²) < 4.78 is 0. The van der Waals surface area contributed by atoms with Crippen LogP contribution in [0.1, 0.15) is 18.4 Å². The minimum absolute atomic E-state index is 0.707. The molecule has 0 aliphatic rings. The van der Waals surface area contributed by atoms with E-state index in [2.05, 4.69) is 24.6 Å². The second kappa shape index (κ2) is 5.87. The van der Waals surface area contributed by atoms with E-state index >= 15 is 0 Å². The molecular formula is C13H16N2. The molecule has 0 unspecified atom stereocenters. The highest BCUT2D eigenvalue weighted by Crippen LogP contribution is 2.13. The van der Waals surface area contributed by atoms with Crippen LogP contribution < -0.4 is 4.90 Å². The van der Waals surface area contributed by atoms with Crippen molar-refractivity contribution in [3.8, 4) is 6.07 Å². The van der Waals surface area contributed by atoms with Crippen LogP contribution in [0.15, 0.2) is 36.9 Å². The molecule has 0 atom stereocenters. The van der Waals surface area contributed by atoms with Gasteiger partial charge in [0, 0.05) is 19.3 Å². The predicted octanol–water partition coefficient (Wildman–Crippen LogP) is 2.96. The van der Waals surface area contributed by atoms with Gasteiger partial charge in [-0.3, -0.25) is 0 Å². The summed E-state index contributed by atoms with van der Waals surface area (Å²) >= 11 is 0. The van der Waals surface area contributed by atoms with Crippen LogP contribution in [0.4, 0.5) is 5.69 Å². The van der Waals surface area contributed by atoms with Crippen LogP contribution in [0.25, 0.3) is 0 Å². The van der Waals surface area contributed by atoms with Crippen molar-refractivity contribution in [1.29, 1.82) is 5.26 Å². The maximum absolute atomic E-state index is 8.67. The zero-order valence-corrected chi connectivity index (χ0v) is 9.11. The van der Waals surface area contributed by atoms with Crippen molar-refractivity contribution in [2.24, 2.45) is 0 Å². The molecule has 1 aromatic rings. The highest BCUT2D eigenvalue weighted by atomic mass is 15.1. The molecule has 0 aromatic heterocycles. The number of rotatable bonds is 5. The topological polar surface area (TPSA) is 27.0 Å². The highest BCUT2D eigenvalue weighted by Gasteiger charge is 1.99. The number of benzene rings is 1. The first-order valence-corrected chi connectivity index (χ1v) is 5.10. The van der Waals surface area contributed by atoms with Crippen LogP contribution in [-0.2, 0) is 0 Å². The summed E-state index contributed by atoms with van der Waals surface area (Å²) in [6, 6.07) is 9.76. The Labute approximate surface area is 91.4 Å². The lowest BCUT2D eigenvalue weighted by molar-refractivity contribution is 0.802. The van der Waals surface area contributed by atoms with Crippen LogP contribution in [0.5, 0.6) is 0 Å². The minimum atomic E-state index is 0.707. The Kier molecular flexibility index (Phi) is 4.43. The number of anilines is 1. The standard InChI is InChI=1S/C13H16N2/c1-3-4-5-10-15(2)13-8-6-12(11-14)7-9-13/h3,6-9H,1,4-5,10H2,2H3. The number of nitrogens with zero attached hydrogens (tertiary/aromatic N) is 2. The Morgan fingerprint density at radius 1 is 1.40 bits per heavy atom. The van der Waals surface area contributed by atoms with Gasteiger partial charge in [-0.15, -0.1) is 6.58 Å². The van der Waals surface area contributed by atoms with Crippen molar-refractivity contribution in [3.63, 3.8) is 0 Å². The molecule has 0 aliphatic heterocycles. The predicted molar refractivity (Wildman–Crippen MR) is 63.9 cm³/mol. The number of nitriles is 1. The second-order valence-corrected chi connectivity index (χ2v) is 3.51. The molecule has 0 saturated carbocycles. The second-order valence-electron chi connectivity index (χ2n) is 3.51. The summed E-state index contributed by atoms with van der Waals surface area (Å²) in [5.41, 5.74) is 1.86. The largest absolute Gasteiger partial charge is 0.375 e. The molecule has 1 aromatic carbocycles. The molecule has 2 nitrogen and oxygen atoms in total. The van der Waals surface area contributed by atoms with Gasteiger partial charge in [0.15, 0.2) is 0 Å². The van der Waals surface area contributed by atoms with Crippen LogP contribution >= 0.6 is 0 Å². The fourth-order valence-corrected chi connectivity index (χ4v) is 1.39. The Balaban J connectivity index is 2.54. The van der Waals surface area contributed by atoms with Gasteiger partial charge in [-0.05, 0) is 37.1 Å². The first-order chi connectivity index (χ1) is 7.27. The summed E-state index contributed by atoms with van der Waals surface area (Å²) in [6.45, 7) is 4.71. The lowest BCUT2D eigenvalue weighted by Gasteiger charge is -2.18. The van der Waals surface area contributed by atoms with E-state index in [9.17, 15) is 0 Å². The van der Waals surface area contributed by atoms with Crippen molar-refractivity contribution in [2.75, 3.05) is 18.5 Å². The third-order valence-corrected chi connectivity index (χ3v) is 2.34. The third-order valence-electron chi connectivity index (χ3n) is 2.34. The van der Waals surface area contributed by atoms with E-state index in [1.807, 2.05) is 30.3 Å². The van der Waals surface area contributed by atoms with Gasteiger partial charge in [0.2, 0.25) is 0 Å². The maximum Gasteiger partial charge on any atom is 0.0991 e. The van der Waals surface area contributed by atoms with E-state index in [0.717, 1.165) is 25.1 Å². The van der Waals surface area contributed by atoms with E-state index in [1.54, 1.807) is 0 Å². The van der Waals surface area contributed by atoms with E-state index in [1.165, 1.54) is 0 Å². The van der Waals surface area contributed by atoms with E-state index < -0.39 is 0 Å². The molecule has 0 saturated heterocycles. The van der Waals surface area contributed by atoms with Crippen LogP contribution in [0.2, 0.25) is 0 Å². The van der Waals surface area contributed by atoms with E-state index in [-0.39, 0.29) is 0 Å². The van der Waals surface area contributed by atoms with Crippen molar-refractivity contribution in [1.82, 2.24) is 0 Å². The van der Waals surface area contributed by atoms with Crippen LogP contribution in [0.3, 0.4) is 0 Å². The number of unbranched alkanes of at least 4 members (excludes halogenated alkanes) is 1. The fourth-order valence-electron chi connectivity index (χ4n) is 1.39. The monoisotopic (exact) mass is 200 g/mol. The van der Waals surface area contributed by atoms with Gasteiger partial charge in [-0.25, -0.2) is 0 Å². The van der Waals surface area contributed by atoms with Gasteiger partial charge in [-0.1, -0.05) is 6.08 Å². The molecule has 78 valence electrons. The van der Waals surface area contributed by atoms with Crippen molar-refractivity contribution in [2.45, 2.75) is 12.8 Å². The highest BCUT2D eigenvalue weighted by molar-refractivity contribution is 5.48. The summed E-state index contributed by atoms with van der Waals surface area (Å²) in [4.78, 5) is 2.19. The lowest BCUT2D eigenvalue weighted by atomic mass is 10.2. The summed E-state index contributed by atoms with van der Waals surface area (Å²) in [6.07, 6.45) is 4.09. The van der Waals surface area contributed by atoms with Crippen molar-refractivity contribution < 1.29 is 0 Å². The maximum atomic E-state index is 8.67. The molecule has 2 heteroatoms. The SMILES string of the molecule is C=CCCCN(C)c1ccc(C#N)cc1. The van der Waals surface area contributed by atoms with Crippen LogP contribution in [0, 0.1) is 11.3 Å². The summed E-state index contributed by atoms with van der Waals surface area (Å²) in [5.74, 6) is 0. The number of hydrogen-bond acceptors (Lipinski definition) is 2. The average molecular weight is 200 g/mol. The molecule has 0 fully saturated rings. The Bertz CT molecular complexity index is 346. The summed E-state index contributed by atoms with van der Waals surface area (Å²) in [5, 5.41) is 8.67.